The third-order valence-corrected chi connectivity index (χ3v) is 1.95. The van der Waals surface area contributed by atoms with Crippen molar-refractivity contribution in [3.05, 3.63) is 16.2 Å². The molecule has 0 saturated heterocycles. The second-order valence-electron chi connectivity index (χ2n) is 3.21. The summed E-state index contributed by atoms with van der Waals surface area (Å²) < 4.78 is 0. The van der Waals surface area contributed by atoms with Gasteiger partial charge in [0, 0.05) is 6.54 Å². The topological polar surface area (TPSA) is 70.7 Å². The third-order valence-electron chi connectivity index (χ3n) is 1.95. The van der Waals surface area contributed by atoms with Crippen molar-refractivity contribution in [2.75, 3.05) is 11.9 Å². The molecule has 0 saturated carbocycles. The fourth-order valence-electron chi connectivity index (χ4n) is 1.14. The Morgan fingerprint density at radius 1 is 1.43 bits per heavy atom. The summed E-state index contributed by atoms with van der Waals surface area (Å²) >= 11 is 0. The van der Waals surface area contributed by atoms with E-state index in [0.717, 1.165) is 18.7 Å². The molecule has 0 unspecified atom stereocenters. The van der Waals surface area contributed by atoms with Crippen LogP contribution in [0.5, 0.6) is 0 Å². The lowest BCUT2D eigenvalue weighted by atomic mass is 10.2. The van der Waals surface area contributed by atoms with Crippen LogP contribution in [0, 0.1) is 6.92 Å². The number of aromatic amines is 1. The predicted molar refractivity (Wildman–Crippen MR) is 55.4 cm³/mol. The molecular weight excluding hydrogens is 180 g/mol. The maximum atomic E-state index is 10.9. The van der Waals surface area contributed by atoms with Gasteiger partial charge in [-0.15, -0.1) is 0 Å². The molecule has 1 aromatic heterocycles. The van der Waals surface area contributed by atoms with E-state index in [9.17, 15) is 4.79 Å². The molecule has 0 atom stereocenters. The predicted octanol–water partition coefficient (Wildman–Crippen LogP) is 1.08. The summed E-state index contributed by atoms with van der Waals surface area (Å²) in [5.74, 6) is 0.588. The Morgan fingerprint density at radius 3 is 2.93 bits per heavy atom. The second-order valence-corrected chi connectivity index (χ2v) is 3.21. The lowest BCUT2D eigenvalue weighted by Gasteiger charge is -2.05. The highest BCUT2D eigenvalue weighted by molar-refractivity contribution is 5.37. The first kappa shape index (κ1) is 10.7. The summed E-state index contributed by atoms with van der Waals surface area (Å²) in [6.45, 7) is 4.80. The van der Waals surface area contributed by atoms with Crippen LogP contribution < -0.4 is 11.0 Å². The average molecular weight is 196 g/mol. The van der Waals surface area contributed by atoms with Crippen LogP contribution >= 0.6 is 0 Å². The zero-order chi connectivity index (χ0) is 10.4. The van der Waals surface area contributed by atoms with Crippen molar-refractivity contribution in [3.8, 4) is 0 Å². The second kappa shape index (κ2) is 5.36. The molecule has 0 aromatic carbocycles. The van der Waals surface area contributed by atoms with Crippen LogP contribution in [0.4, 0.5) is 5.82 Å². The first-order valence-corrected chi connectivity index (χ1v) is 4.91. The number of aromatic nitrogens is 3. The molecule has 14 heavy (non-hydrogen) atoms. The van der Waals surface area contributed by atoms with Crippen molar-refractivity contribution in [2.45, 2.75) is 33.1 Å². The number of hydrogen-bond donors (Lipinski definition) is 2. The molecule has 0 bridgehead atoms. The van der Waals surface area contributed by atoms with Gasteiger partial charge in [0.1, 0.15) is 5.69 Å². The number of unbranched alkanes of at least 4 members (excludes halogenated alkanes) is 2. The van der Waals surface area contributed by atoms with Crippen LogP contribution in [-0.2, 0) is 0 Å². The Morgan fingerprint density at radius 2 is 2.21 bits per heavy atom. The van der Waals surface area contributed by atoms with Crippen LogP contribution in [0.2, 0.25) is 0 Å². The van der Waals surface area contributed by atoms with Crippen LogP contribution in [0.1, 0.15) is 31.9 Å². The zero-order valence-corrected chi connectivity index (χ0v) is 8.63. The molecule has 0 fully saturated rings. The molecule has 5 nitrogen and oxygen atoms in total. The minimum absolute atomic E-state index is 0.409. The molecular formula is C9H16N4O. The SMILES string of the molecule is CCCCCNc1nc(=O)[nH]nc1C. The van der Waals surface area contributed by atoms with Crippen molar-refractivity contribution in [2.24, 2.45) is 0 Å². The minimum atomic E-state index is -0.409. The highest BCUT2D eigenvalue weighted by atomic mass is 16.1. The Labute approximate surface area is 83.0 Å². The summed E-state index contributed by atoms with van der Waals surface area (Å²) in [6.07, 6.45) is 3.45. The van der Waals surface area contributed by atoms with Gasteiger partial charge in [-0.2, -0.15) is 10.1 Å². The summed E-state index contributed by atoms with van der Waals surface area (Å²) in [4.78, 5) is 14.6. The van der Waals surface area contributed by atoms with E-state index in [1.54, 1.807) is 0 Å². The highest BCUT2D eigenvalue weighted by Gasteiger charge is 2.00. The van der Waals surface area contributed by atoms with Gasteiger partial charge >= 0.3 is 5.69 Å². The average Bonchev–Trinajstić information content (AvgIpc) is 2.18. The Bertz CT molecular complexity index is 334. The summed E-state index contributed by atoms with van der Waals surface area (Å²) in [7, 11) is 0. The number of hydrogen-bond acceptors (Lipinski definition) is 4. The van der Waals surface area contributed by atoms with Gasteiger partial charge in [-0.25, -0.2) is 9.89 Å². The molecule has 0 spiro atoms. The number of rotatable bonds is 5. The van der Waals surface area contributed by atoms with E-state index >= 15 is 0 Å². The van der Waals surface area contributed by atoms with E-state index in [1.807, 2.05) is 6.92 Å². The van der Waals surface area contributed by atoms with Gasteiger partial charge < -0.3 is 5.32 Å². The molecule has 5 heteroatoms. The monoisotopic (exact) mass is 196 g/mol. The van der Waals surface area contributed by atoms with Gasteiger partial charge in [0.15, 0.2) is 5.82 Å². The zero-order valence-electron chi connectivity index (χ0n) is 8.63. The molecule has 1 aromatic rings. The summed E-state index contributed by atoms with van der Waals surface area (Å²) in [6, 6.07) is 0. The molecule has 1 rings (SSSR count). The standard InChI is InChI=1S/C9H16N4O/c1-3-4-5-6-10-8-7(2)12-13-9(14)11-8/h3-6H2,1-2H3,(H2,10,11,13,14). The van der Waals surface area contributed by atoms with Gasteiger partial charge in [-0.1, -0.05) is 19.8 Å². The quantitative estimate of drug-likeness (QED) is 0.691. The minimum Gasteiger partial charge on any atom is -0.368 e. The number of H-pyrrole nitrogens is 1. The molecule has 0 radical (unpaired) electrons. The fraction of sp³-hybridized carbons (Fsp3) is 0.667. The largest absolute Gasteiger partial charge is 0.368 e. The number of anilines is 1. The van der Waals surface area contributed by atoms with Crippen LogP contribution in [-0.4, -0.2) is 21.7 Å². The summed E-state index contributed by atoms with van der Waals surface area (Å²) in [5.41, 5.74) is 0.315. The lowest BCUT2D eigenvalue weighted by molar-refractivity contribution is 0.739. The first-order valence-electron chi connectivity index (χ1n) is 4.91. The van der Waals surface area contributed by atoms with Crippen molar-refractivity contribution in [1.29, 1.82) is 0 Å². The molecule has 1 heterocycles. The molecule has 78 valence electrons. The fourth-order valence-corrected chi connectivity index (χ4v) is 1.14. The van der Waals surface area contributed by atoms with E-state index in [4.69, 9.17) is 0 Å². The van der Waals surface area contributed by atoms with Crippen molar-refractivity contribution < 1.29 is 0 Å². The maximum absolute atomic E-state index is 10.9. The molecule has 2 N–H and O–H groups in total. The Balaban J connectivity index is 2.49. The third kappa shape index (κ3) is 3.16. The van der Waals surface area contributed by atoms with E-state index in [2.05, 4.69) is 27.4 Å². The number of aryl methyl sites for hydroxylation is 1. The Hall–Kier alpha value is -1.39. The maximum Gasteiger partial charge on any atom is 0.363 e. The highest BCUT2D eigenvalue weighted by Crippen LogP contribution is 2.03. The van der Waals surface area contributed by atoms with Crippen molar-refractivity contribution >= 4 is 5.82 Å². The number of nitrogens with one attached hydrogen (secondary N) is 2. The van der Waals surface area contributed by atoms with Crippen LogP contribution in [0.25, 0.3) is 0 Å². The molecule has 0 amide bonds. The molecule has 0 aliphatic rings. The molecule has 0 aliphatic carbocycles. The van der Waals surface area contributed by atoms with Crippen LogP contribution in [0.15, 0.2) is 4.79 Å². The normalized spacial score (nSPS) is 10.1. The summed E-state index contributed by atoms with van der Waals surface area (Å²) in [5, 5.41) is 9.19. The van der Waals surface area contributed by atoms with Crippen molar-refractivity contribution in [1.82, 2.24) is 15.2 Å². The van der Waals surface area contributed by atoms with Gasteiger partial charge in [0.25, 0.3) is 0 Å². The van der Waals surface area contributed by atoms with E-state index in [-0.39, 0.29) is 0 Å². The first-order chi connectivity index (χ1) is 6.74. The molecule has 0 aliphatic heterocycles. The van der Waals surface area contributed by atoms with Gasteiger partial charge in [-0.3, -0.25) is 0 Å². The van der Waals surface area contributed by atoms with Gasteiger partial charge in [-0.05, 0) is 13.3 Å². The van der Waals surface area contributed by atoms with Crippen LogP contribution in [0.3, 0.4) is 0 Å². The van der Waals surface area contributed by atoms with Gasteiger partial charge in [0.2, 0.25) is 0 Å². The van der Waals surface area contributed by atoms with Crippen molar-refractivity contribution in [3.63, 3.8) is 0 Å². The van der Waals surface area contributed by atoms with Gasteiger partial charge in [0.05, 0.1) is 0 Å². The number of nitrogens with zero attached hydrogens (tertiary/aromatic N) is 2. The smallest absolute Gasteiger partial charge is 0.363 e. The van der Waals surface area contributed by atoms with E-state index < -0.39 is 5.69 Å². The van der Waals surface area contributed by atoms with E-state index in [0.29, 0.717) is 5.82 Å². The lowest BCUT2D eigenvalue weighted by Crippen LogP contribution is -2.17. The van der Waals surface area contributed by atoms with E-state index in [1.165, 1.54) is 12.8 Å². The Kier molecular flexibility index (Phi) is 4.10.